The predicted octanol–water partition coefficient (Wildman–Crippen LogP) is 5.21. The zero-order valence-electron chi connectivity index (χ0n) is 21.2. The molecule has 1 fully saturated rings. The number of aromatic nitrogens is 5. The van der Waals surface area contributed by atoms with E-state index in [2.05, 4.69) is 37.3 Å². The van der Waals surface area contributed by atoms with Crippen molar-refractivity contribution in [3.05, 3.63) is 70.7 Å². The number of likely N-dealkylation sites (tertiary alicyclic amines) is 1. The number of hydrogen-bond acceptors (Lipinski definition) is 8. The number of para-hydroxylation sites is 1. The van der Waals surface area contributed by atoms with Gasteiger partial charge in [0, 0.05) is 42.5 Å². The summed E-state index contributed by atoms with van der Waals surface area (Å²) in [7, 11) is 0. The van der Waals surface area contributed by atoms with E-state index in [-0.39, 0.29) is 11.7 Å². The number of thiazole rings is 1. The minimum Gasteiger partial charge on any atom is -0.351 e. The number of nitrogens with zero attached hydrogens (tertiary/aromatic N) is 6. The molecular weight excluding hydrogens is 521 g/mol. The van der Waals surface area contributed by atoms with Crippen LogP contribution in [0.1, 0.15) is 48.1 Å². The highest BCUT2D eigenvalue weighted by atomic mass is 32.2. The molecule has 8 nitrogen and oxygen atoms in total. The standard InChI is InChI=1S/C27H30FN7OS2/c1-19-8-4-5-14-34(19)15-7-13-30-26(36)22-17-37-24(31-22)18-38-27-33-32-25(20-9-6-12-29-16-20)35(27)23-11-3-2-10-21(23)28/h2-3,6,9-12,16-17,19H,4-5,7-8,13-15,18H2,1H3,(H,30,36). The van der Waals surface area contributed by atoms with Crippen LogP contribution in [0, 0.1) is 5.82 Å². The van der Waals surface area contributed by atoms with Gasteiger partial charge < -0.3 is 10.2 Å². The van der Waals surface area contributed by atoms with Crippen molar-refractivity contribution < 1.29 is 9.18 Å². The average molecular weight is 552 g/mol. The molecule has 4 heterocycles. The van der Waals surface area contributed by atoms with Gasteiger partial charge in [0.2, 0.25) is 0 Å². The molecule has 1 aliphatic heterocycles. The molecule has 38 heavy (non-hydrogen) atoms. The largest absolute Gasteiger partial charge is 0.351 e. The summed E-state index contributed by atoms with van der Waals surface area (Å²) in [4.78, 5) is 23.8. The molecule has 4 aromatic rings. The molecule has 0 spiro atoms. The molecule has 198 valence electrons. The summed E-state index contributed by atoms with van der Waals surface area (Å²) in [6, 6.07) is 10.8. The molecule has 1 saturated heterocycles. The van der Waals surface area contributed by atoms with Gasteiger partial charge in [-0.1, -0.05) is 30.3 Å². The molecule has 0 bridgehead atoms. The van der Waals surface area contributed by atoms with Crippen LogP contribution in [-0.2, 0) is 5.75 Å². The molecule has 0 radical (unpaired) electrons. The summed E-state index contributed by atoms with van der Waals surface area (Å²) >= 11 is 2.82. The van der Waals surface area contributed by atoms with E-state index in [0.29, 0.717) is 40.7 Å². The van der Waals surface area contributed by atoms with Gasteiger partial charge in [-0.3, -0.25) is 14.3 Å². The first kappa shape index (κ1) is 26.5. The highest BCUT2D eigenvalue weighted by Gasteiger charge is 2.20. The van der Waals surface area contributed by atoms with E-state index in [1.54, 1.807) is 46.6 Å². The lowest BCUT2D eigenvalue weighted by molar-refractivity contribution is 0.0944. The van der Waals surface area contributed by atoms with Gasteiger partial charge in [0.05, 0.1) is 11.4 Å². The first-order valence-corrected chi connectivity index (χ1v) is 14.7. The summed E-state index contributed by atoms with van der Waals surface area (Å²) < 4.78 is 16.5. The molecule has 1 atom stereocenters. The number of rotatable bonds is 10. The third kappa shape index (κ3) is 6.28. The van der Waals surface area contributed by atoms with E-state index in [1.165, 1.54) is 48.4 Å². The number of hydrogen-bond donors (Lipinski definition) is 1. The van der Waals surface area contributed by atoms with Crippen molar-refractivity contribution in [3.8, 4) is 17.1 Å². The van der Waals surface area contributed by atoms with E-state index >= 15 is 0 Å². The van der Waals surface area contributed by atoms with Crippen molar-refractivity contribution in [1.29, 1.82) is 0 Å². The Morgan fingerprint density at radius 1 is 1.21 bits per heavy atom. The number of thioether (sulfide) groups is 1. The Morgan fingerprint density at radius 2 is 2.11 bits per heavy atom. The molecule has 1 aliphatic rings. The van der Waals surface area contributed by atoms with Crippen molar-refractivity contribution in [1.82, 2.24) is 34.9 Å². The zero-order chi connectivity index (χ0) is 26.3. The molecule has 3 aromatic heterocycles. The molecule has 1 aromatic carbocycles. The van der Waals surface area contributed by atoms with E-state index < -0.39 is 0 Å². The lowest BCUT2D eigenvalue weighted by atomic mass is 10.0. The van der Waals surface area contributed by atoms with Crippen molar-refractivity contribution in [2.75, 3.05) is 19.6 Å². The molecule has 11 heteroatoms. The number of piperidine rings is 1. The number of benzene rings is 1. The fourth-order valence-corrected chi connectivity index (χ4v) is 6.30. The topological polar surface area (TPSA) is 88.8 Å². The molecule has 0 aliphatic carbocycles. The van der Waals surface area contributed by atoms with Gasteiger partial charge in [-0.25, -0.2) is 9.37 Å². The second-order valence-corrected chi connectivity index (χ2v) is 11.1. The second kappa shape index (κ2) is 12.6. The van der Waals surface area contributed by atoms with Crippen LogP contribution in [0.3, 0.4) is 0 Å². The van der Waals surface area contributed by atoms with Crippen molar-refractivity contribution >= 4 is 29.0 Å². The number of carbonyl (C=O) groups excluding carboxylic acids is 1. The fraction of sp³-hybridized carbons (Fsp3) is 0.370. The van der Waals surface area contributed by atoms with Gasteiger partial charge in [0.1, 0.15) is 16.5 Å². The molecule has 5 rings (SSSR count). The molecule has 1 N–H and O–H groups in total. The van der Waals surface area contributed by atoms with Crippen LogP contribution >= 0.6 is 23.1 Å². The van der Waals surface area contributed by atoms with Crippen LogP contribution in [0.4, 0.5) is 4.39 Å². The monoisotopic (exact) mass is 551 g/mol. The smallest absolute Gasteiger partial charge is 0.270 e. The van der Waals surface area contributed by atoms with Crippen LogP contribution in [0.5, 0.6) is 0 Å². The minimum absolute atomic E-state index is 0.155. The maximum atomic E-state index is 14.8. The molecule has 0 saturated carbocycles. The number of carbonyl (C=O) groups is 1. The number of halogens is 1. The number of amides is 1. The summed E-state index contributed by atoms with van der Waals surface area (Å²) in [5, 5.41) is 14.8. The van der Waals surface area contributed by atoms with E-state index in [4.69, 9.17) is 0 Å². The van der Waals surface area contributed by atoms with Gasteiger partial charge in [0.25, 0.3) is 5.91 Å². The zero-order valence-corrected chi connectivity index (χ0v) is 22.8. The van der Waals surface area contributed by atoms with Crippen molar-refractivity contribution in [3.63, 3.8) is 0 Å². The van der Waals surface area contributed by atoms with Crippen LogP contribution in [0.25, 0.3) is 17.1 Å². The normalized spacial score (nSPS) is 16.0. The summed E-state index contributed by atoms with van der Waals surface area (Å²) in [6.07, 6.45) is 8.11. The van der Waals surface area contributed by atoms with Crippen molar-refractivity contribution in [2.24, 2.45) is 0 Å². The van der Waals surface area contributed by atoms with E-state index in [9.17, 15) is 9.18 Å². The summed E-state index contributed by atoms with van der Waals surface area (Å²) in [5.74, 6) is 0.452. The highest BCUT2D eigenvalue weighted by molar-refractivity contribution is 7.98. The van der Waals surface area contributed by atoms with Gasteiger partial charge in [-0.05, 0) is 57.0 Å². The average Bonchev–Trinajstić information content (AvgIpc) is 3.59. The van der Waals surface area contributed by atoms with Crippen molar-refractivity contribution in [2.45, 2.75) is 49.6 Å². The van der Waals surface area contributed by atoms with Crippen LogP contribution < -0.4 is 5.32 Å². The molecule has 1 unspecified atom stereocenters. The maximum Gasteiger partial charge on any atom is 0.270 e. The van der Waals surface area contributed by atoms with Gasteiger partial charge in [-0.15, -0.1) is 21.5 Å². The molecule has 1 amide bonds. The fourth-order valence-electron chi connectivity index (χ4n) is 4.57. The lowest BCUT2D eigenvalue weighted by Crippen LogP contribution is -2.39. The Kier molecular flexibility index (Phi) is 8.77. The van der Waals surface area contributed by atoms with Gasteiger partial charge in [0.15, 0.2) is 11.0 Å². The first-order chi connectivity index (χ1) is 18.6. The predicted molar refractivity (Wildman–Crippen MR) is 148 cm³/mol. The Labute approximate surface area is 229 Å². The van der Waals surface area contributed by atoms with Gasteiger partial charge >= 0.3 is 0 Å². The highest BCUT2D eigenvalue weighted by Crippen LogP contribution is 2.31. The Bertz CT molecular complexity index is 1360. The summed E-state index contributed by atoms with van der Waals surface area (Å²) in [6.45, 7) is 5.07. The number of pyridine rings is 1. The van der Waals surface area contributed by atoms with Crippen LogP contribution in [-0.4, -0.2) is 61.2 Å². The van der Waals surface area contributed by atoms with E-state index in [0.717, 1.165) is 30.1 Å². The lowest BCUT2D eigenvalue weighted by Gasteiger charge is -2.33. The Hall–Kier alpha value is -3.15. The van der Waals surface area contributed by atoms with Crippen LogP contribution in [0.2, 0.25) is 0 Å². The minimum atomic E-state index is -0.373. The Balaban J connectivity index is 1.21. The third-order valence-electron chi connectivity index (χ3n) is 6.60. The summed E-state index contributed by atoms with van der Waals surface area (Å²) in [5.41, 5.74) is 1.51. The third-order valence-corrected chi connectivity index (χ3v) is 8.58. The SMILES string of the molecule is CC1CCCCN1CCCNC(=O)c1csc(CSc2nnc(-c3cccnc3)n2-c2ccccc2F)n1. The first-order valence-electron chi connectivity index (χ1n) is 12.8. The Morgan fingerprint density at radius 3 is 2.92 bits per heavy atom. The maximum absolute atomic E-state index is 14.8. The second-order valence-electron chi connectivity index (χ2n) is 9.24. The van der Waals surface area contributed by atoms with Crippen LogP contribution in [0.15, 0.2) is 59.3 Å². The molecular formula is C27H30FN7OS2. The van der Waals surface area contributed by atoms with Gasteiger partial charge in [-0.2, -0.15) is 0 Å². The quantitative estimate of drug-likeness (QED) is 0.214. The van der Waals surface area contributed by atoms with E-state index in [1.807, 2.05) is 6.07 Å². The number of nitrogens with one attached hydrogen (secondary N) is 1.